The lowest BCUT2D eigenvalue weighted by molar-refractivity contribution is 0.0527. The zero-order valence-corrected chi connectivity index (χ0v) is 13.0. The predicted octanol–water partition coefficient (Wildman–Crippen LogP) is 3.24. The summed E-state index contributed by atoms with van der Waals surface area (Å²) in [6, 6.07) is 15.7. The summed E-state index contributed by atoms with van der Waals surface area (Å²) in [5.74, 6) is -0.494. The molecule has 1 aromatic heterocycles. The van der Waals surface area contributed by atoms with E-state index >= 15 is 0 Å². The maximum atomic E-state index is 12.6. The molecule has 0 bridgehead atoms. The number of pyridine rings is 1. The van der Waals surface area contributed by atoms with Crippen LogP contribution in [0.1, 0.15) is 22.8 Å². The van der Waals surface area contributed by atoms with Crippen molar-refractivity contribution in [3.05, 3.63) is 69.9 Å². The van der Waals surface area contributed by atoms with Crippen LogP contribution in [0.15, 0.2) is 53.3 Å². The van der Waals surface area contributed by atoms with Gasteiger partial charge in [0.15, 0.2) is 0 Å². The van der Waals surface area contributed by atoms with Gasteiger partial charge in [-0.15, -0.1) is 0 Å². The van der Waals surface area contributed by atoms with Gasteiger partial charge >= 0.3 is 5.97 Å². The highest BCUT2D eigenvalue weighted by atomic mass is 16.5. The summed E-state index contributed by atoms with van der Waals surface area (Å²) in [7, 11) is 0. The Balaban J connectivity index is 2.34. The number of ether oxygens (including phenoxy) is 1. The molecule has 24 heavy (non-hydrogen) atoms. The van der Waals surface area contributed by atoms with E-state index < -0.39 is 5.97 Å². The van der Waals surface area contributed by atoms with Gasteiger partial charge in [-0.3, -0.25) is 4.79 Å². The second-order valence-electron chi connectivity index (χ2n) is 5.13. The van der Waals surface area contributed by atoms with Crippen LogP contribution in [0, 0.1) is 11.3 Å². The normalized spacial score (nSPS) is 10.3. The topological polar surface area (TPSA) is 83.0 Å². The zero-order valence-electron chi connectivity index (χ0n) is 13.0. The van der Waals surface area contributed by atoms with Gasteiger partial charge in [0, 0.05) is 16.5 Å². The number of carbonyl (C=O) groups is 1. The molecular weight excluding hydrogens is 304 g/mol. The monoisotopic (exact) mass is 318 g/mol. The number of para-hydroxylation sites is 1. The van der Waals surface area contributed by atoms with E-state index in [4.69, 9.17) is 4.74 Å². The van der Waals surface area contributed by atoms with Crippen LogP contribution in [0.5, 0.6) is 0 Å². The van der Waals surface area contributed by atoms with Crippen molar-refractivity contribution in [2.24, 2.45) is 0 Å². The van der Waals surface area contributed by atoms with Gasteiger partial charge in [-0.25, -0.2) is 4.79 Å². The van der Waals surface area contributed by atoms with Crippen LogP contribution in [0.3, 0.4) is 0 Å². The van der Waals surface area contributed by atoms with Crippen LogP contribution in [0.2, 0.25) is 0 Å². The summed E-state index contributed by atoms with van der Waals surface area (Å²) in [6.07, 6.45) is 0. The Hall–Kier alpha value is -3.39. The van der Waals surface area contributed by atoms with Crippen molar-refractivity contribution in [2.75, 3.05) is 6.61 Å². The van der Waals surface area contributed by atoms with Crippen molar-refractivity contribution in [3.63, 3.8) is 0 Å². The summed E-state index contributed by atoms with van der Waals surface area (Å²) in [5.41, 5.74) is 1.32. The first-order chi connectivity index (χ1) is 11.7. The summed E-state index contributed by atoms with van der Waals surface area (Å²) >= 11 is 0. The summed E-state index contributed by atoms with van der Waals surface area (Å²) in [5, 5.41) is 9.90. The van der Waals surface area contributed by atoms with E-state index in [-0.39, 0.29) is 17.6 Å². The predicted molar refractivity (Wildman–Crippen MR) is 90.7 cm³/mol. The summed E-state index contributed by atoms with van der Waals surface area (Å²) in [4.78, 5) is 27.9. The molecule has 1 N–H and O–H groups in total. The Morgan fingerprint density at radius 3 is 2.62 bits per heavy atom. The van der Waals surface area contributed by atoms with Crippen LogP contribution in [0.25, 0.3) is 22.2 Å². The number of nitriles is 1. The van der Waals surface area contributed by atoms with Gasteiger partial charge in [-0.05, 0) is 25.1 Å². The lowest BCUT2D eigenvalue weighted by atomic mass is 9.99. The van der Waals surface area contributed by atoms with Crippen molar-refractivity contribution >= 4 is 16.9 Å². The number of benzene rings is 2. The average Bonchev–Trinajstić information content (AvgIpc) is 2.62. The number of aromatic amines is 1. The first kappa shape index (κ1) is 15.5. The van der Waals surface area contributed by atoms with E-state index in [9.17, 15) is 14.9 Å². The molecule has 0 atom stereocenters. The number of aromatic nitrogens is 1. The van der Waals surface area contributed by atoms with Gasteiger partial charge in [-0.2, -0.15) is 5.26 Å². The largest absolute Gasteiger partial charge is 0.462 e. The molecule has 2 aromatic carbocycles. The fraction of sp³-hybridized carbons (Fsp3) is 0.105. The Kier molecular flexibility index (Phi) is 4.13. The molecule has 0 saturated heterocycles. The number of carbonyl (C=O) groups excluding carboxylic acids is 1. The minimum Gasteiger partial charge on any atom is -0.462 e. The fourth-order valence-electron chi connectivity index (χ4n) is 2.63. The molecule has 1 heterocycles. The van der Waals surface area contributed by atoms with Gasteiger partial charge in [0.2, 0.25) is 5.43 Å². The molecule has 0 aliphatic heterocycles. The molecular formula is C19H14N2O3. The molecule has 0 spiro atoms. The smallest absolute Gasteiger partial charge is 0.338 e. The summed E-state index contributed by atoms with van der Waals surface area (Å²) in [6.45, 7) is 1.96. The quantitative estimate of drug-likeness (QED) is 0.751. The maximum Gasteiger partial charge on any atom is 0.338 e. The molecule has 118 valence electrons. The second-order valence-corrected chi connectivity index (χ2v) is 5.13. The van der Waals surface area contributed by atoms with Crippen LogP contribution in [-0.4, -0.2) is 17.6 Å². The third-order valence-electron chi connectivity index (χ3n) is 3.71. The molecule has 0 unspecified atom stereocenters. The number of hydrogen-bond donors (Lipinski definition) is 1. The van der Waals surface area contributed by atoms with E-state index in [0.29, 0.717) is 27.7 Å². The second kappa shape index (κ2) is 6.39. The number of fused-ring (bicyclic) bond motifs is 1. The van der Waals surface area contributed by atoms with Gasteiger partial charge in [0.25, 0.3) is 0 Å². The first-order valence-electron chi connectivity index (χ1n) is 7.49. The standard InChI is InChI=1S/C19H14N2O3/c1-2-24-19(23)13-8-4-3-7-12(13)17-15(11-20)18(22)14-9-5-6-10-16(14)21-17/h3-10H,2H2,1H3,(H,21,22). The van der Waals surface area contributed by atoms with Crippen molar-refractivity contribution in [2.45, 2.75) is 6.92 Å². The average molecular weight is 318 g/mol. The van der Waals surface area contributed by atoms with Crippen LogP contribution in [-0.2, 0) is 4.74 Å². The lowest BCUT2D eigenvalue weighted by Gasteiger charge is -2.11. The Labute approximate surface area is 138 Å². The molecule has 3 aromatic rings. The van der Waals surface area contributed by atoms with Crippen molar-refractivity contribution in [1.82, 2.24) is 4.98 Å². The van der Waals surface area contributed by atoms with E-state index in [0.717, 1.165) is 0 Å². The first-order valence-corrected chi connectivity index (χ1v) is 7.49. The minimum atomic E-state index is -0.494. The Bertz CT molecular complexity index is 1030. The van der Waals surface area contributed by atoms with Crippen LogP contribution >= 0.6 is 0 Å². The van der Waals surface area contributed by atoms with E-state index in [2.05, 4.69) is 4.98 Å². The van der Waals surface area contributed by atoms with Gasteiger partial charge in [-0.1, -0.05) is 30.3 Å². The Morgan fingerprint density at radius 1 is 1.17 bits per heavy atom. The molecule has 0 amide bonds. The number of hydrogen-bond acceptors (Lipinski definition) is 4. The molecule has 0 aliphatic rings. The zero-order chi connectivity index (χ0) is 17.1. The van der Waals surface area contributed by atoms with E-state index in [1.54, 1.807) is 55.5 Å². The highest BCUT2D eigenvalue weighted by Gasteiger charge is 2.19. The highest BCUT2D eigenvalue weighted by molar-refractivity contribution is 5.98. The van der Waals surface area contributed by atoms with E-state index in [1.807, 2.05) is 6.07 Å². The molecule has 0 radical (unpaired) electrons. The number of nitrogens with zero attached hydrogens (tertiary/aromatic N) is 1. The fourth-order valence-corrected chi connectivity index (χ4v) is 2.63. The number of rotatable bonds is 3. The highest BCUT2D eigenvalue weighted by Crippen LogP contribution is 2.26. The minimum absolute atomic E-state index is 0.0227. The van der Waals surface area contributed by atoms with Gasteiger partial charge in [0.1, 0.15) is 11.6 Å². The van der Waals surface area contributed by atoms with Gasteiger partial charge < -0.3 is 9.72 Å². The third kappa shape index (κ3) is 2.55. The van der Waals surface area contributed by atoms with Crippen LogP contribution < -0.4 is 5.43 Å². The molecule has 5 nitrogen and oxygen atoms in total. The molecule has 5 heteroatoms. The summed E-state index contributed by atoms with van der Waals surface area (Å²) < 4.78 is 5.07. The molecule has 3 rings (SSSR count). The lowest BCUT2D eigenvalue weighted by Crippen LogP contribution is -2.12. The number of nitrogens with one attached hydrogen (secondary N) is 1. The maximum absolute atomic E-state index is 12.6. The number of esters is 1. The Morgan fingerprint density at radius 2 is 1.88 bits per heavy atom. The van der Waals surface area contributed by atoms with Crippen LogP contribution in [0.4, 0.5) is 0 Å². The third-order valence-corrected chi connectivity index (χ3v) is 3.71. The number of H-pyrrole nitrogens is 1. The molecule has 0 fully saturated rings. The van der Waals surface area contributed by atoms with E-state index in [1.165, 1.54) is 0 Å². The molecule has 0 aliphatic carbocycles. The van der Waals surface area contributed by atoms with Crippen molar-refractivity contribution in [3.8, 4) is 17.3 Å². The molecule has 0 saturated carbocycles. The van der Waals surface area contributed by atoms with Gasteiger partial charge in [0.05, 0.1) is 17.9 Å². The van der Waals surface area contributed by atoms with Crippen molar-refractivity contribution < 1.29 is 9.53 Å². The SMILES string of the molecule is CCOC(=O)c1ccccc1-c1[nH]c2ccccc2c(=O)c1C#N. The van der Waals surface area contributed by atoms with Crippen molar-refractivity contribution in [1.29, 1.82) is 5.26 Å².